The van der Waals surface area contributed by atoms with Crippen LogP contribution in [-0.2, 0) is 25.9 Å². The quantitative estimate of drug-likeness (QED) is 0.453. The molecule has 1 amide bonds. The number of nitrogens with zero attached hydrogens (tertiary/aromatic N) is 3. The Morgan fingerprint density at radius 2 is 2.10 bits per heavy atom. The number of sulfone groups is 1. The number of rotatable bonds is 9. The molecule has 0 aliphatic carbocycles. The Morgan fingerprint density at radius 1 is 1.34 bits per heavy atom. The highest BCUT2D eigenvalue weighted by Gasteiger charge is 2.29. The molecule has 1 fully saturated rings. The standard InChI is InChI=1S/C18H23ClN4O4S2/c1-27-9-2-8-23-17(13-3-5-14(19)6-4-13)21-22-18(23)28-11-16(24)20-15-7-10-29(25,26)12-15/h3-6,15H,2,7-12H2,1H3,(H,20,24)/t15-/m0/s1. The van der Waals surface area contributed by atoms with E-state index in [2.05, 4.69) is 15.5 Å². The number of ether oxygens (including phenoxy) is 1. The number of hydrogen-bond donors (Lipinski definition) is 1. The van der Waals surface area contributed by atoms with Crippen LogP contribution < -0.4 is 5.32 Å². The zero-order valence-corrected chi connectivity index (χ0v) is 18.4. The van der Waals surface area contributed by atoms with Crippen LogP contribution in [-0.4, -0.2) is 66.1 Å². The van der Waals surface area contributed by atoms with E-state index in [1.807, 2.05) is 16.7 Å². The zero-order valence-electron chi connectivity index (χ0n) is 16.0. The molecule has 158 valence electrons. The van der Waals surface area contributed by atoms with Gasteiger partial charge in [0, 0.05) is 36.9 Å². The highest BCUT2D eigenvalue weighted by Crippen LogP contribution is 2.25. The van der Waals surface area contributed by atoms with Gasteiger partial charge < -0.3 is 14.6 Å². The smallest absolute Gasteiger partial charge is 0.230 e. The average Bonchev–Trinajstić information content (AvgIpc) is 3.23. The second-order valence-corrected chi connectivity index (χ2v) is 10.4. The van der Waals surface area contributed by atoms with E-state index < -0.39 is 9.84 Å². The summed E-state index contributed by atoms with van der Waals surface area (Å²) >= 11 is 7.25. The van der Waals surface area contributed by atoms with Crippen molar-refractivity contribution in [3.63, 3.8) is 0 Å². The minimum atomic E-state index is -3.03. The lowest BCUT2D eigenvalue weighted by Crippen LogP contribution is -2.36. The summed E-state index contributed by atoms with van der Waals surface area (Å²) in [5, 5.41) is 12.6. The van der Waals surface area contributed by atoms with Crippen LogP contribution in [0.5, 0.6) is 0 Å². The van der Waals surface area contributed by atoms with Crippen molar-refractivity contribution in [3.8, 4) is 11.4 Å². The highest BCUT2D eigenvalue weighted by atomic mass is 35.5. The maximum absolute atomic E-state index is 12.3. The lowest BCUT2D eigenvalue weighted by Gasteiger charge is -2.12. The van der Waals surface area contributed by atoms with Gasteiger partial charge >= 0.3 is 0 Å². The third-order valence-electron chi connectivity index (χ3n) is 4.48. The molecule has 2 heterocycles. The molecule has 1 N–H and O–H groups in total. The monoisotopic (exact) mass is 458 g/mol. The predicted octanol–water partition coefficient (Wildman–Crippen LogP) is 2.03. The Kier molecular flexibility index (Phi) is 7.55. The summed E-state index contributed by atoms with van der Waals surface area (Å²) in [6.45, 7) is 1.24. The van der Waals surface area contributed by atoms with Crippen molar-refractivity contribution in [2.24, 2.45) is 0 Å². The van der Waals surface area contributed by atoms with E-state index in [0.29, 0.717) is 35.6 Å². The predicted molar refractivity (Wildman–Crippen MR) is 113 cm³/mol. The van der Waals surface area contributed by atoms with Crippen molar-refractivity contribution >= 4 is 39.1 Å². The second-order valence-electron chi connectivity index (χ2n) is 6.77. The van der Waals surface area contributed by atoms with Gasteiger partial charge in [-0.15, -0.1) is 10.2 Å². The molecule has 0 radical (unpaired) electrons. The summed E-state index contributed by atoms with van der Waals surface area (Å²) in [5.41, 5.74) is 0.881. The minimum absolute atomic E-state index is 0.0112. The molecule has 0 unspecified atom stereocenters. The molecular weight excluding hydrogens is 436 g/mol. The van der Waals surface area contributed by atoms with Gasteiger partial charge in [-0.1, -0.05) is 23.4 Å². The second kappa shape index (κ2) is 9.92. The topological polar surface area (TPSA) is 103 Å². The van der Waals surface area contributed by atoms with E-state index >= 15 is 0 Å². The number of carbonyl (C=O) groups is 1. The zero-order chi connectivity index (χ0) is 20.9. The fraction of sp³-hybridized carbons (Fsp3) is 0.500. The first-order valence-corrected chi connectivity index (χ1v) is 12.4. The molecule has 0 bridgehead atoms. The Bertz CT molecular complexity index is 947. The molecule has 1 aliphatic rings. The molecule has 29 heavy (non-hydrogen) atoms. The first kappa shape index (κ1) is 22.1. The van der Waals surface area contributed by atoms with Crippen LogP contribution in [0.15, 0.2) is 29.4 Å². The van der Waals surface area contributed by atoms with Gasteiger partial charge in [0.1, 0.15) is 0 Å². The number of carbonyl (C=O) groups excluding carboxylic acids is 1. The summed E-state index contributed by atoms with van der Waals surface area (Å²) in [4.78, 5) is 12.3. The Hall–Kier alpha value is -1.62. The van der Waals surface area contributed by atoms with Crippen LogP contribution >= 0.6 is 23.4 Å². The van der Waals surface area contributed by atoms with Gasteiger partial charge in [0.2, 0.25) is 5.91 Å². The molecule has 1 aliphatic heterocycles. The van der Waals surface area contributed by atoms with Gasteiger partial charge in [-0.25, -0.2) is 8.42 Å². The van der Waals surface area contributed by atoms with E-state index in [9.17, 15) is 13.2 Å². The Morgan fingerprint density at radius 3 is 2.76 bits per heavy atom. The fourth-order valence-corrected chi connectivity index (χ4v) is 5.66. The van der Waals surface area contributed by atoms with E-state index in [0.717, 1.165) is 12.0 Å². The van der Waals surface area contributed by atoms with Crippen LogP contribution in [0.1, 0.15) is 12.8 Å². The van der Waals surface area contributed by atoms with Crippen molar-refractivity contribution in [1.29, 1.82) is 0 Å². The molecular formula is C18H23ClN4O4S2. The highest BCUT2D eigenvalue weighted by molar-refractivity contribution is 7.99. The van der Waals surface area contributed by atoms with Crippen molar-refractivity contribution in [2.75, 3.05) is 31.0 Å². The normalized spacial score (nSPS) is 18.1. The number of hydrogen-bond acceptors (Lipinski definition) is 7. The van der Waals surface area contributed by atoms with Crippen LogP contribution in [0.2, 0.25) is 5.02 Å². The number of benzene rings is 1. The average molecular weight is 459 g/mol. The third-order valence-corrected chi connectivity index (χ3v) is 7.47. The Labute approximate surface area is 179 Å². The molecule has 2 aromatic rings. The molecule has 0 saturated carbocycles. The summed E-state index contributed by atoms with van der Waals surface area (Å²) in [5.74, 6) is 0.763. The number of amides is 1. The van der Waals surface area contributed by atoms with Gasteiger partial charge in [0.05, 0.1) is 17.3 Å². The number of aromatic nitrogens is 3. The number of thioether (sulfide) groups is 1. The Balaban J connectivity index is 1.67. The first-order valence-electron chi connectivity index (χ1n) is 9.18. The van der Waals surface area contributed by atoms with E-state index in [4.69, 9.17) is 16.3 Å². The van der Waals surface area contributed by atoms with Gasteiger partial charge in [-0.05, 0) is 37.1 Å². The van der Waals surface area contributed by atoms with Crippen LogP contribution in [0.4, 0.5) is 0 Å². The lowest BCUT2D eigenvalue weighted by molar-refractivity contribution is -0.119. The summed E-state index contributed by atoms with van der Waals surface area (Å²) < 4.78 is 30.2. The SMILES string of the molecule is COCCCn1c(SCC(=O)N[C@H]2CCS(=O)(=O)C2)nnc1-c1ccc(Cl)cc1. The van der Waals surface area contributed by atoms with Crippen molar-refractivity contribution in [1.82, 2.24) is 20.1 Å². The van der Waals surface area contributed by atoms with Crippen molar-refractivity contribution < 1.29 is 17.9 Å². The number of halogens is 1. The van der Waals surface area contributed by atoms with Gasteiger partial charge in [0.25, 0.3) is 0 Å². The third kappa shape index (κ3) is 6.18. The molecule has 1 saturated heterocycles. The molecule has 8 nitrogen and oxygen atoms in total. The molecule has 3 rings (SSSR count). The van der Waals surface area contributed by atoms with E-state index in [1.54, 1.807) is 19.2 Å². The van der Waals surface area contributed by atoms with Crippen LogP contribution in [0.25, 0.3) is 11.4 Å². The van der Waals surface area contributed by atoms with Gasteiger partial charge in [-0.2, -0.15) is 0 Å². The molecule has 0 spiro atoms. The number of methoxy groups -OCH3 is 1. The number of nitrogens with one attached hydrogen (secondary N) is 1. The summed E-state index contributed by atoms with van der Waals surface area (Å²) in [6, 6.07) is 7.03. The maximum Gasteiger partial charge on any atom is 0.230 e. The molecule has 1 aromatic carbocycles. The van der Waals surface area contributed by atoms with Gasteiger partial charge in [0.15, 0.2) is 20.8 Å². The van der Waals surface area contributed by atoms with Gasteiger partial charge in [-0.3, -0.25) is 4.79 Å². The maximum atomic E-state index is 12.3. The molecule has 1 aromatic heterocycles. The molecule has 1 atom stereocenters. The summed E-state index contributed by atoms with van der Waals surface area (Å²) in [7, 11) is -1.38. The molecule has 11 heteroatoms. The largest absolute Gasteiger partial charge is 0.385 e. The minimum Gasteiger partial charge on any atom is -0.385 e. The van der Waals surface area contributed by atoms with Crippen molar-refractivity contribution in [3.05, 3.63) is 29.3 Å². The van der Waals surface area contributed by atoms with E-state index in [-0.39, 0.29) is 29.2 Å². The lowest BCUT2D eigenvalue weighted by atomic mass is 10.2. The van der Waals surface area contributed by atoms with E-state index in [1.165, 1.54) is 11.8 Å². The van der Waals surface area contributed by atoms with Crippen LogP contribution in [0.3, 0.4) is 0 Å². The van der Waals surface area contributed by atoms with Crippen LogP contribution in [0, 0.1) is 0 Å². The van der Waals surface area contributed by atoms with Crippen molar-refractivity contribution in [2.45, 2.75) is 30.6 Å². The first-order chi connectivity index (χ1) is 13.9. The fourth-order valence-electron chi connectivity index (χ4n) is 3.08. The summed E-state index contributed by atoms with van der Waals surface area (Å²) in [6.07, 6.45) is 1.24.